The van der Waals surface area contributed by atoms with Gasteiger partial charge < -0.3 is 14.0 Å². The van der Waals surface area contributed by atoms with E-state index in [2.05, 4.69) is 10.1 Å². The smallest absolute Gasteiger partial charge is 0.338 e. The highest BCUT2D eigenvalue weighted by molar-refractivity contribution is 6.35. The Morgan fingerprint density at radius 3 is 2.46 bits per heavy atom. The molecule has 0 radical (unpaired) electrons. The molecule has 0 N–H and O–H groups in total. The lowest BCUT2D eigenvalue weighted by atomic mass is 10.2. The van der Waals surface area contributed by atoms with Crippen molar-refractivity contribution in [2.24, 2.45) is 0 Å². The molecule has 26 heavy (non-hydrogen) atoms. The average Bonchev–Trinajstić information content (AvgIpc) is 3.06. The molecule has 0 bridgehead atoms. The largest absolute Gasteiger partial charge is 0.485 e. The van der Waals surface area contributed by atoms with Crippen molar-refractivity contribution in [2.75, 3.05) is 0 Å². The quantitative estimate of drug-likeness (QED) is 0.572. The molecule has 3 aromatic rings. The van der Waals surface area contributed by atoms with Crippen molar-refractivity contribution >= 4 is 29.2 Å². The lowest BCUT2D eigenvalue weighted by Gasteiger charge is -2.03. The topological polar surface area (TPSA) is 74.5 Å². The van der Waals surface area contributed by atoms with Gasteiger partial charge in [0.05, 0.1) is 5.56 Å². The Bertz CT molecular complexity index is 895. The van der Waals surface area contributed by atoms with Crippen molar-refractivity contribution in [1.29, 1.82) is 0 Å². The van der Waals surface area contributed by atoms with Gasteiger partial charge in [0.25, 0.3) is 5.89 Å². The lowest BCUT2D eigenvalue weighted by Crippen LogP contribution is -2.05. The zero-order valence-corrected chi connectivity index (χ0v) is 14.6. The van der Waals surface area contributed by atoms with Gasteiger partial charge in [-0.15, -0.1) is 0 Å². The van der Waals surface area contributed by atoms with Crippen LogP contribution in [-0.4, -0.2) is 16.1 Å². The van der Waals surface area contributed by atoms with Gasteiger partial charge >= 0.3 is 5.97 Å². The second kappa shape index (κ2) is 8.16. The van der Waals surface area contributed by atoms with Crippen LogP contribution in [0.3, 0.4) is 0 Å². The first-order chi connectivity index (χ1) is 12.5. The molecule has 0 saturated carbocycles. The first kappa shape index (κ1) is 18.2. The number of hydrogen-bond acceptors (Lipinski definition) is 6. The van der Waals surface area contributed by atoms with Crippen LogP contribution >= 0.6 is 23.2 Å². The van der Waals surface area contributed by atoms with E-state index in [0.717, 1.165) is 0 Å². The first-order valence-electron chi connectivity index (χ1n) is 7.32. The zero-order valence-electron chi connectivity index (χ0n) is 13.1. The zero-order chi connectivity index (χ0) is 18.5. The van der Waals surface area contributed by atoms with E-state index in [9.17, 15) is 9.18 Å². The molecule has 0 spiro atoms. The van der Waals surface area contributed by atoms with E-state index in [4.69, 9.17) is 37.2 Å². The Labute approximate surface area is 157 Å². The molecule has 6 nitrogen and oxygen atoms in total. The van der Waals surface area contributed by atoms with Gasteiger partial charge in [0.15, 0.2) is 13.2 Å². The third-order valence-electron chi connectivity index (χ3n) is 3.12. The van der Waals surface area contributed by atoms with Crippen molar-refractivity contribution in [3.63, 3.8) is 0 Å². The standard InChI is InChI=1S/C17H11Cl2FN2O4/c18-11-5-10(6-12(19)7-11)17(23)25-9-16-21-15(22-26-16)8-24-14-3-1-13(20)2-4-14/h1-7H,8-9H2. The molecule has 3 rings (SSSR count). The number of hydrogen-bond donors (Lipinski definition) is 0. The number of aromatic nitrogens is 2. The Balaban J connectivity index is 1.53. The van der Waals surface area contributed by atoms with Crippen molar-refractivity contribution < 1.29 is 23.2 Å². The van der Waals surface area contributed by atoms with Crippen molar-refractivity contribution in [3.05, 3.63) is 75.6 Å². The molecule has 1 heterocycles. The van der Waals surface area contributed by atoms with Crippen molar-refractivity contribution in [1.82, 2.24) is 10.1 Å². The lowest BCUT2D eigenvalue weighted by molar-refractivity contribution is 0.0430. The molecule has 0 aliphatic heterocycles. The normalized spacial score (nSPS) is 10.6. The Morgan fingerprint density at radius 1 is 1.08 bits per heavy atom. The summed E-state index contributed by atoms with van der Waals surface area (Å²) in [6.07, 6.45) is 0. The summed E-state index contributed by atoms with van der Waals surface area (Å²) in [5.74, 6) is -0.170. The first-order valence-corrected chi connectivity index (χ1v) is 8.08. The number of carbonyl (C=O) groups is 1. The molecule has 0 saturated heterocycles. The van der Waals surface area contributed by atoms with Gasteiger partial charge in [0.2, 0.25) is 5.82 Å². The maximum absolute atomic E-state index is 12.8. The molecule has 134 valence electrons. The second-order valence-electron chi connectivity index (χ2n) is 5.08. The fourth-order valence-corrected chi connectivity index (χ4v) is 2.49. The van der Waals surface area contributed by atoms with Crippen molar-refractivity contribution in [3.8, 4) is 5.75 Å². The van der Waals surface area contributed by atoms with Crippen LogP contribution in [0.1, 0.15) is 22.1 Å². The van der Waals surface area contributed by atoms with Gasteiger partial charge in [-0.05, 0) is 42.5 Å². The van der Waals surface area contributed by atoms with E-state index in [1.165, 1.54) is 42.5 Å². The summed E-state index contributed by atoms with van der Waals surface area (Å²) in [5.41, 5.74) is 0.210. The minimum Gasteiger partial charge on any atom is -0.485 e. The van der Waals surface area contributed by atoms with Crippen LogP contribution in [0.5, 0.6) is 5.75 Å². The van der Waals surface area contributed by atoms with E-state index in [1.807, 2.05) is 0 Å². The number of nitrogens with zero attached hydrogens (tertiary/aromatic N) is 2. The van der Waals surface area contributed by atoms with Crippen LogP contribution in [0, 0.1) is 5.82 Å². The molecule has 0 aliphatic rings. The minimum atomic E-state index is -0.628. The summed E-state index contributed by atoms with van der Waals surface area (Å²) >= 11 is 11.7. The third-order valence-corrected chi connectivity index (χ3v) is 3.55. The van der Waals surface area contributed by atoms with E-state index in [1.54, 1.807) is 0 Å². The summed E-state index contributed by atoms with van der Waals surface area (Å²) < 4.78 is 28.3. The molecule has 1 aromatic heterocycles. The summed E-state index contributed by atoms with van der Waals surface area (Å²) in [5, 5.41) is 4.35. The van der Waals surface area contributed by atoms with Gasteiger partial charge in [0, 0.05) is 10.0 Å². The van der Waals surface area contributed by atoms with Crippen LogP contribution in [0.25, 0.3) is 0 Å². The number of carbonyl (C=O) groups excluding carboxylic acids is 1. The number of ether oxygens (including phenoxy) is 2. The monoisotopic (exact) mass is 396 g/mol. The molecule has 0 aliphatic carbocycles. The van der Waals surface area contributed by atoms with E-state index >= 15 is 0 Å². The average molecular weight is 397 g/mol. The number of halogens is 3. The fraction of sp³-hybridized carbons (Fsp3) is 0.118. The van der Waals surface area contributed by atoms with E-state index < -0.39 is 5.97 Å². The highest BCUT2D eigenvalue weighted by Gasteiger charge is 2.13. The summed E-state index contributed by atoms with van der Waals surface area (Å²) in [6.45, 7) is -0.195. The van der Waals surface area contributed by atoms with Gasteiger partial charge in [-0.1, -0.05) is 28.4 Å². The molecule has 9 heteroatoms. The maximum atomic E-state index is 12.8. The van der Waals surface area contributed by atoms with Crippen LogP contribution < -0.4 is 4.74 Å². The summed E-state index contributed by atoms with van der Waals surface area (Å²) in [6, 6.07) is 9.89. The van der Waals surface area contributed by atoms with Gasteiger partial charge in [0.1, 0.15) is 11.6 Å². The fourth-order valence-electron chi connectivity index (χ4n) is 1.97. The SMILES string of the molecule is O=C(OCc1nc(COc2ccc(F)cc2)no1)c1cc(Cl)cc(Cl)c1. The third kappa shape index (κ3) is 4.93. The number of benzene rings is 2. The highest BCUT2D eigenvalue weighted by Crippen LogP contribution is 2.20. The molecule has 0 amide bonds. The summed E-state index contributed by atoms with van der Waals surface area (Å²) in [4.78, 5) is 16.0. The van der Waals surface area contributed by atoms with E-state index in [0.29, 0.717) is 15.8 Å². The molecule has 2 aromatic carbocycles. The van der Waals surface area contributed by atoms with Crippen LogP contribution in [-0.2, 0) is 18.0 Å². The van der Waals surface area contributed by atoms with Crippen molar-refractivity contribution in [2.45, 2.75) is 13.2 Å². The maximum Gasteiger partial charge on any atom is 0.338 e. The van der Waals surface area contributed by atoms with E-state index in [-0.39, 0.29) is 36.3 Å². The predicted molar refractivity (Wildman–Crippen MR) is 90.6 cm³/mol. The molecule has 0 unspecified atom stereocenters. The number of rotatable bonds is 6. The molecular weight excluding hydrogens is 386 g/mol. The molecule has 0 atom stereocenters. The van der Waals surface area contributed by atoms with Gasteiger partial charge in [-0.3, -0.25) is 0 Å². The van der Waals surface area contributed by atoms with Gasteiger partial charge in [-0.2, -0.15) is 4.98 Å². The molecule has 0 fully saturated rings. The minimum absolute atomic E-state index is 0.0208. The summed E-state index contributed by atoms with van der Waals surface area (Å²) in [7, 11) is 0. The van der Waals surface area contributed by atoms with Crippen LogP contribution in [0.15, 0.2) is 47.0 Å². The Kier molecular flexibility index (Phi) is 5.70. The Hall–Kier alpha value is -2.64. The number of esters is 1. The van der Waals surface area contributed by atoms with Crippen LogP contribution in [0.2, 0.25) is 10.0 Å². The van der Waals surface area contributed by atoms with Crippen LogP contribution in [0.4, 0.5) is 4.39 Å². The highest BCUT2D eigenvalue weighted by atomic mass is 35.5. The molecular formula is C17H11Cl2FN2O4. The Morgan fingerprint density at radius 2 is 1.77 bits per heavy atom. The predicted octanol–water partition coefficient (Wildman–Crippen LogP) is 4.45. The second-order valence-corrected chi connectivity index (χ2v) is 5.95. The van der Waals surface area contributed by atoms with Gasteiger partial charge in [-0.25, -0.2) is 9.18 Å².